The first kappa shape index (κ1) is 12.7. The lowest BCUT2D eigenvalue weighted by molar-refractivity contribution is -0.130. The van der Waals surface area contributed by atoms with Gasteiger partial charge < -0.3 is 10.2 Å². The number of amides is 3. The maximum atomic E-state index is 11.4. The van der Waals surface area contributed by atoms with Gasteiger partial charge in [0.1, 0.15) is 0 Å². The van der Waals surface area contributed by atoms with E-state index in [1.807, 2.05) is 19.3 Å². The normalized spacial score (nSPS) is 9.36. The Hall–Kier alpha value is -1.30. The van der Waals surface area contributed by atoms with E-state index >= 15 is 0 Å². The number of nitrogens with zero attached hydrogens (tertiary/aromatic N) is 1. The first-order valence-corrected chi connectivity index (χ1v) is 4.67. The number of rotatable bonds is 5. The zero-order valence-electron chi connectivity index (χ0n) is 8.67. The number of carbonyl (C=O) groups is 2. The average molecular weight is 202 g/mol. The highest BCUT2D eigenvalue weighted by Gasteiger charge is 2.08. The summed E-state index contributed by atoms with van der Waals surface area (Å²) in [6.07, 6.45) is 0.301. The molecule has 0 saturated carbocycles. The predicted molar refractivity (Wildman–Crippen MR) is 53.3 cm³/mol. The van der Waals surface area contributed by atoms with Crippen molar-refractivity contribution in [1.82, 2.24) is 15.6 Å². The molecule has 82 valence electrons. The molecule has 0 bridgehead atoms. The van der Waals surface area contributed by atoms with Gasteiger partial charge in [0.15, 0.2) is 0 Å². The maximum Gasteiger partial charge on any atom is 0.328 e. The number of hydrogen-bond donors (Lipinski definition) is 3. The lowest BCUT2D eigenvalue weighted by atomic mass is 10.3. The molecule has 0 saturated heterocycles. The van der Waals surface area contributed by atoms with Crippen LogP contribution in [0.25, 0.3) is 0 Å². The van der Waals surface area contributed by atoms with Gasteiger partial charge in [-0.05, 0) is 13.8 Å². The molecule has 0 atom stereocenters. The summed E-state index contributed by atoms with van der Waals surface area (Å²) in [7, 11) is 0. The monoisotopic (exact) mass is 202 g/mol. The molecule has 6 heteroatoms. The molecule has 0 aromatic carbocycles. The standard InChI is InChI=1S/C8H18N4O2/c1-3-12(4-2)7(13)5-6-10-8(14)11-9/h3-6,9H2,1-2H3,(H2,10,11,14). The summed E-state index contributed by atoms with van der Waals surface area (Å²) < 4.78 is 0. The molecule has 0 aliphatic heterocycles. The quantitative estimate of drug-likeness (QED) is 0.316. The molecule has 6 nitrogen and oxygen atoms in total. The van der Waals surface area contributed by atoms with Gasteiger partial charge in [-0.15, -0.1) is 0 Å². The van der Waals surface area contributed by atoms with Gasteiger partial charge in [-0.2, -0.15) is 0 Å². The van der Waals surface area contributed by atoms with E-state index in [1.54, 1.807) is 4.90 Å². The molecule has 0 spiro atoms. The molecule has 0 aromatic rings. The van der Waals surface area contributed by atoms with Crippen molar-refractivity contribution in [3.8, 4) is 0 Å². The van der Waals surface area contributed by atoms with Gasteiger partial charge in [0.25, 0.3) is 0 Å². The Morgan fingerprint density at radius 1 is 1.29 bits per heavy atom. The fourth-order valence-corrected chi connectivity index (χ4v) is 1.07. The lowest BCUT2D eigenvalue weighted by Crippen LogP contribution is -2.41. The van der Waals surface area contributed by atoms with Crippen molar-refractivity contribution >= 4 is 11.9 Å². The minimum absolute atomic E-state index is 0.0346. The van der Waals surface area contributed by atoms with Gasteiger partial charge in [-0.3, -0.25) is 10.2 Å². The first-order valence-electron chi connectivity index (χ1n) is 4.67. The van der Waals surface area contributed by atoms with E-state index in [-0.39, 0.29) is 5.91 Å². The van der Waals surface area contributed by atoms with Crippen LogP contribution >= 0.6 is 0 Å². The average Bonchev–Trinajstić information content (AvgIpc) is 2.19. The van der Waals surface area contributed by atoms with E-state index in [0.717, 1.165) is 0 Å². The first-order chi connectivity index (χ1) is 6.65. The Morgan fingerprint density at radius 3 is 2.29 bits per heavy atom. The highest BCUT2D eigenvalue weighted by atomic mass is 16.2. The third-order valence-corrected chi connectivity index (χ3v) is 1.87. The molecular formula is C8H18N4O2. The van der Waals surface area contributed by atoms with Crippen LogP contribution in [-0.2, 0) is 4.79 Å². The van der Waals surface area contributed by atoms with Gasteiger partial charge in [0.2, 0.25) is 5.91 Å². The number of carbonyl (C=O) groups excluding carboxylic acids is 2. The van der Waals surface area contributed by atoms with Crippen LogP contribution in [0.5, 0.6) is 0 Å². The second kappa shape index (κ2) is 7.14. The summed E-state index contributed by atoms with van der Waals surface area (Å²) in [5, 5.41) is 2.44. The van der Waals surface area contributed by atoms with Crippen molar-refractivity contribution in [3.05, 3.63) is 0 Å². The lowest BCUT2D eigenvalue weighted by Gasteiger charge is -2.18. The molecule has 0 unspecified atom stereocenters. The van der Waals surface area contributed by atoms with Gasteiger partial charge in [0, 0.05) is 26.1 Å². The number of urea groups is 1. The molecular weight excluding hydrogens is 184 g/mol. The minimum Gasteiger partial charge on any atom is -0.343 e. The second-order valence-corrected chi connectivity index (χ2v) is 2.72. The largest absolute Gasteiger partial charge is 0.343 e. The zero-order chi connectivity index (χ0) is 11.0. The van der Waals surface area contributed by atoms with Crippen molar-refractivity contribution in [2.75, 3.05) is 19.6 Å². The fourth-order valence-electron chi connectivity index (χ4n) is 1.07. The minimum atomic E-state index is -0.475. The molecule has 14 heavy (non-hydrogen) atoms. The van der Waals surface area contributed by atoms with Crippen LogP contribution < -0.4 is 16.6 Å². The Kier molecular flexibility index (Phi) is 6.47. The van der Waals surface area contributed by atoms with Crippen molar-refractivity contribution in [2.45, 2.75) is 20.3 Å². The molecule has 4 N–H and O–H groups in total. The van der Waals surface area contributed by atoms with Crippen LogP contribution in [0.1, 0.15) is 20.3 Å². The van der Waals surface area contributed by atoms with Crippen LogP contribution in [0.15, 0.2) is 0 Å². The molecule has 0 heterocycles. The third-order valence-electron chi connectivity index (χ3n) is 1.87. The van der Waals surface area contributed by atoms with E-state index in [1.165, 1.54) is 0 Å². The number of hydrogen-bond acceptors (Lipinski definition) is 3. The van der Waals surface area contributed by atoms with Crippen molar-refractivity contribution < 1.29 is 9.59 Å². The number of nitrogens with two attached hydrogens (primary N) is 1. The van der Waals surface area contributed by atoms with Crippen molar-refractivity contribution in [1.29, 1.82) is 0 Å². The van der Waals surface area contributed by atoms with Gasteiger partial charge >= 0.3 is 6.03 Å². The molecule has 0 radical (unpaired) electrons. The fraction of sp³-hybridized carbons (Fsp3) is 0.750. The molecule has 0 aliphatic carbocycles. The van der Waals surface area contributed by atoms with Gasteiger partial charge in [0.05, 0.1) is 0 Å². The van der Waals surface area contributed by atoms with Crippen LogP contribution in [0.4, 0.5) is 4.79 Å². The van der Waals surface area contributed by atoms with Crippen LogP contribution in [-0.4, -0.2) is 36.5 Å². The third kappa shape index (κ3) is 4.66. The predicted octanol–water partition coefficient (Wildman–Crippen LogP) is -0.582. The summed E-state index contributed by atoms with van der Waals surface area (Å²) >= 11 is 0. The zero-order valence-corrected chi connectivity index (χ0v) is 8.67. The van der Waals surface area contributed by atoms with E-state index in [9.17, 15) is 9.59 Å². The molecule has 3 amide bonds. The Morgan fingerprint density at radius 2 is 1.86 bits per heavy atom. The van der Waals surface area contributed by atoms with E-state index in [2.05, 4.69) is 5.32 Å². The molecule has 0 aliphatic rings. The smallest absolute Gasteiger partial charge is 0.328 e. The van der Waals surface area contributed by atoms with E-state index in [0.29, 0.717) is 26.1 Å². The summed E-state index contributed by atoms with van der Waals surface area (Å²) in [4.78, 5) is 23.7. The topological polar surface area (TPSA) is 87.5 Å². The van der Waals surface area contributed by atoms with E-state index in [4.69, 9.17) is 5.84 Å². The molecule has 0 fully saturated rings. The van der Waals surface area contributed by atoms with Crippen molar-refractivity contribution in [3.63, 3.8) is 0 Å². The van der Waals surface area contributed by atoms with Crippen LogP contribution in [0.2, 0.25) is 0 Å². The van der Waals surface area contributed by atoms with Gasteiger partial charge in [-0.1, -0.05) is 0 Å². The summed E-state index contributed by atoms with van der Waals surface area (Å²) in [5.41, 5.74) is 1.92. The Labute approximate surface area is 83.8 Å². The summed E-state index contributed by atoms with van der Waals surface area (Å²) in [6.45, 7) is 5.53. The Balaban J connectivity index is 3.67. The highest BCUT2D eigenvalue weighted by Crippen LogP contribution is 1.92. The second-order valence-electron chi connectivity index (χ2n) is 2.72. The van der Waals surface area contributed by atoms with Gasteiger partial charge in [-0.25, -0.2) is 10.6 Å². The van der Waals surface area contributed by atoms with Crippen LogP contribution in [0, 0.1) is 0 Å². The molecule has 0 rings (SSSR count). The highest BCUT2D eigenvalue weighted by molar-refractivity contribution is 5.78. The summed E-state index contributed by atoms with van der Waals surface area (Å²) in [5.74, 6) is 4.88. The Bertz CT molecular complexity index is 192. The SMILES string of the molecule is CCN(CC)C(=O)CCNC(=O)NN. The summed E-state index contributed by atoms with van der Waals surface area (Å²) in [6, 6.07) is -0.475. The number of nitrogens with one attached hydrogen (secondary N) is 2. The van der Waals surface area contributed by atoms with E-state index < -0.39 is 6.03 Å². The maximum absolute atomic E-state index is 11.4. The van der Waals surface area contributed by atoms with Crippen LogP contribution in [0.3, 0.4) is 0 Å². The van der Waals surface area contributed by atoms with Crippen molar-refractivity contribution in [2.24, 2.45) is 5.84 Å². The molecule has 0 aromatic heterocycles. The number of hydrazine groups is 1.